The predicted octanol–water partition coefficient (Wildman–Crippen LogP) is 0.240. The monoisotopic (exact) mass is 142 g/mol. The average Bonchev–Trinajstić information content (AvgIpc) is 2.30. The van der Waals surface area contributed by atoms with Crippen LogP contribution >= 0.6 is 0 Å². The van der Waals surface area contributed by atoms with Crippen LogP contribution in [0.5, 0.6) is 0 Å². The van der Waals surface area contributed by atoms with E-state index in [1.807, 2.05) is 0 Å². The molecule has 0 radical (unpaired) electrons. The highest BCUT2D eigenvalue weighted by molar-refractivity contribution is 5.58. The first-order valence-corrected chi connectivity index (χ1v) is 3.19. The minimum atomic E-state index is -0.359. The Bertz CT molecular complexity index is 172. The molecule has 56 valence electrons. The number of ether oxygens (including phenoxy) is 1. The lowest BCUT2D eigenvalue weighted by atomic mass is 10.1. The molecule has 1 N–H and O–H groups in total. The van der Waals surface area contributed by atoms with Crippen LogP contribution in [-0.2, 0) is 9.53 Å². The molecule has 1 aliphatic rings. The molecule has 0 bridgehead atoms. The Hall–Kier alpha value is -0.830. The van der Waals surface area contributed by atoms with Crippen molar-refractivity contribution in [1.82, 2.24) is 0 Å². The summed E-state index contributed by atoms with van der Waals surface area (Å²) in [7, 11) is 0. The van der Waals surface area contributed by atoms with E-state index < -0.39 is 0 Å². The van der Waals surface area contributed by atoms with E-state index >= 15 is 0 Å². The predicted molar refractivity (Wildman–Crippen MR) is 35.3 cm³/mol. The van der Waals surface area contributed by atoms with Gasteiger partial charge in [0.05, 0.1) is 12.4 Å². The molecule has 1 atom stereocenters. The molecule has 1 aliphatic heterocycles. The Kier molecular flexibility index (Phi) is 2.06. The van der Waals surface area contributed by atoms with Crippen LogP contribution in [0.2, 0.25) is 0 Å². The normalized spacial score (nSPS) is 24.8. The molecule has 3 heteroatoms. The van der Waals surface area contributed by atoms with E-state index in [4.69, 9.17) is 9.84 Å². The van der Waals surface area contributed by atoms with E-state index in [-0.39, 0.29) is 12.7 Å². The number of rotatable bonds is 2. The molecule has 1 heterocycles. The van der Waals surface area contributed by atoms with E-state index in [0.29, 0.717) is 12.2 Å². The van der Waals surface area contributed by atoms with Gasteiger partial charge in [-0.3, -0.25) is 4.79 Å². The molecule has 0 saturated heterocycles. The summed E-state index contributed by atoms with van der Waals surface area (Å²) in [6.07, 6.45) is 0.944. The van der Waals surface area contributed by atoms with Gasteiger partial charge in [-0.1, -0.05) is 0 Å². The number of aldehydes is 1. The summed E-state index contributed by atoms with van der Waals surface area (Å²) in [6, 6.07) is 0. The second-order valence-electron chi connectivity index (χ2n) is 2.31. The van der Waals surface area contributed by atoms with E-state index in [1.165, 1.54) is 0 Å². The third kappa shape index (κ3) is 1.19. The minimum absolute atomic E-state index is 0.00380. The number of aliphatic hydroxyl groups excluding tert-OH is 1. The topological polar surface area (TPSA) is 46.5 Å². The van der Waals surface area contributed by atoms with Crippen molar-refractivity contribution < 1.29 is 14.6 Å². The maximum Gasteiger partial charge on any atom is 0.160 e. The third-order valence-electron chi connectivity index (χ3n) is 1.62. The van der Waals surface area contributed by atoms with Crippen molar-refractivity contribution in [3.63, 3.8) is 0 Å². The molecule has 0 aromatic heterocycles. The van der Waals surface area contributed by atoms with Gasteiger partial charge in [0.1, 0.15) is 0 Å². The van der Waals surface area contributed by atoms with Crippen molar-refractivity contribution in [3.05, 3.63) is 11.3 Å². The molecule has 3 nitrogen and oxygen atoms in total. The fourth-order valence-corrected chi connectivity index (χ4v) is 0.990. The van der Waals surface area contributed by atoms with Crippen LogP contribution in [0.1, 0.15) is 13.3 Å². The summed E-state index contributed by atoms with van der Waals surface area (Å²) in [6.45, 7) is 1.76. The van der Waals surface area contributed by atoms with Gasteiger partial charge >= 0.3 is 0 Å². The zero-order valence-corrected chi connectivity index (χ0v) is 5.83. The molecular weight excluding hydrogens is 132 g/mol. The van der Waals surface area contributed by atoms with Crippen LogP contribution in [0.3, 0.4) is 0 Å². The molecule has 0 aliphatic carbocycles. The highest BCUT2D eigenvalue weighted by Gasteiger charge is 2.21. The maximum absolute atomic E-state index is 10.2. The molecule has 10 heavy (non-hydrogen) atoms. The Labute approximate surface area is 59.3 Å². The summed E-state index contributed by atoms with van der Waals surface area (Å²) in [5, 5.41) is 8.70. The van der Waals surface area contributed by atoms with Crippen molar-refractivity contribution in [2.45, 2.75) is 19.4 Å². The molecule has 0 aromatic rings. The molecule has 1 rings (SSSR count). The number of aliphatic hydroxyl groups is 1. The Morgan fingerprint density at radius 1 is 1.90 bits per heavy atom. The number of hydrogen-bond acceptors (Lipinski definition) is 3. The summed E-state index contributed by atoms with van der Waals surface area (Å²) >= 11 is 0. The van der Waals surface area contributed by atoms with Crippen LogP contribution in [0.4, 0.5) is 0 Å². The van der Waals surface area contributed by atoms with Crippen LogP contribution in [-0.4, -0.2) is 24.1 Å². The van der Waals surface area contributed by atoms with E-state index in [2.05, 4.69) is 0 Å². The van der Waals surface area contributed by atoms with Crippen LogP contribution in [0, 0.1) is 0 Å². The van der Waals surface area contributed by atoms with Crippen LogP contribution in [0.15, 0.2) is 11.3 Å². The quantitative estimate of drug-likeness (QED) is 0.562. The Morgan fingerprint density at radius 3 is 2.90 bits per heavy atom. The van der Waals surface area contributed by atoms with Crippen molar-refractivity contribution in [2.24, 2.45) is 0 Å². The molecular formula is C7H10O3. The highest BCUT2D eigenvalue weighted by Crippen LogP contribution is 2.22. The molecule has 0 fully saturated rings. The van der Waals surface area contributed by atoms with Gasteiger partial charge in [-0.15, -0.1) is 0 Å². The van der Waals surface area contributed by atoms with Gasteiger partial charge in [-0.2, -0.15) is 0 Å². The second kappa shape index (κ2) is 2.84. The fourth-order valence-electron chi connectivity index (χ4n) is 0.990. The largest absolute Gasteiger partial charge is 0.487 e. The van der Waals surface area contributed by atoms with Gasteiger partial charge in [-0.05, 0) is 12.5 Å². The SMILES string of the molecule is CC1=C(CO)CC(C=O)O1. The first-order valence-electron chi connectivity index (χ1n) is 3.19. The average molecular weight is 142 g/mol. The minimum Gasteiger partial charge on any atom is -0.487 e. The van der Waals surface area contributed by atoms with Crippen molar-refractivity contribution in [3.8, 4) is 0 Å². The maximum atomic E-state index is 10.2. The van der Waals surface area contributed by atoms with E-state index in [0.717, 1.165) is 11.9 Å². The van der Waals surface area contributed by atoms with Crippen LogP contribution in [0.25, 0.3) is 0 Å². The Morgan fingerprint density at radius 2 is 2.60 bits per heavy atom. The smallest absolute Gasteiger partial charge is 0.160 e. The van der Waals surface area contributed by atoms with Crippen LogP contribution < -0.4 is 0 Å². The molecule has 0 amide bonds. The van der Waals surface area contributed by atoms with Gasteiger partial charge in [-0.25, -0.2) is 0 Å². The lowest BCUT2D eigenvalue weighted by Crippen LogP contribution is -2.06. The first-order chi connectivity index (χ1) is 4.77. The standard InChI is InChI=1S/C7H10O3/c1-5-6(3-8)2-7(4-9)10-5/h4,7-8H,2-3H2,1H3. The van der Waals surface area contributed by atoms with Gasteiger partial charge in [0.15, 0.2) is 12.4 Å². The molecule has 0 saturated carbocycles. The number of allylic oxidation sites excluding steroid dienone is 1. The van der Waals surface area contributed by atoms with Gasteiger partial charge < -0.3 is 9.84 Å². The van der Waals surface area contributed by atoms with E-state index in [1.54, 1.807) is 6.92 Å². The van der Waals surface area contributed by atoms with E-state index in [9.17, 15) is 4.79 Å². The third-order valence-corrected chi connectivity index (χ3v) is 1.62. The summed E-state index contributed by atoms with van der Waals surface area (Å²) < 4.78 is 5.07. The zero-order chi connectivity index (χ0) is 7.56. The Balaban J connectivity index is 2.58. The summed E-state index contributed by atoms with van der Waals surface area (Å²) in [5.41, 5.74) is 0.831. The zero-order valence-electron chi connectivity index (χ0n) is 5.83. The molecule has 0 aromatic carbocycles. The lowest BCUT2D eigenvalue weighted by Gasteiger charge is -2.00. The second-order valence-corrected chi connectivity index (χ2v) is 2.31. The summed E-state index contributed by atoms with van der Waals surface area (Å²) in [5.74, 6) is 0.694. The number of hydrogen-bond donors (Lipinski definition) is 1. The van der Waals surface area contributed by atoms with Gasteiger partial charge in [0.25, 0.3) is 0 Å². The fraction of sp³-hybridized carbons (Fsp3) is 0.571. The number of carbonyl (C=O) groups is 1. The summed E-state index contributed by atoms with van der Waals surface area (Å²) in [4.78, 5) is 10.2. The van der Waals surface area contributed by atoms with Gasteiger partial charge in [0.2, 0.25) is 0 Å². The van der Waals surface area contributed by atoms with Crippen molar-refractivity contribution in [2.75, 3.05) is 6.61 Å². The molecule has 1 unspecified atom stereocenters. The van der Waals surface area contributed by atoms with Crippen molar-refractivity contribution in [1.29, 1.82) is 0 Å². The van der Waals surface area contributed by atoms with Gasteiger partial charge in [0, 0.05) is 6.42 Å². The lowest BCUT2D eigenvalue weighted by molar-refractivity contribution is -0.114. The first kappa shape index (κ1) is 7.28. The highest BCUT2D eigenvalue weighted by atomic mass is 16.5. The van der Waals surface area contributed by atoms with Crippen molar-refractivity contribution >= 4 is 6.29 Å². The molecule has 0 spiro atoms. The number of carbonyl (C=O) groups excluding carboxylic acids is 1.